The van der Waals surface area contributed by atoms with Gasteiger partial charge in [-0.3, -0.25) is 9.78 Å². The Morgan fingerprint density at radius 2 is 2.25 bits per heavy atom. The van der Waals surface area contributed by atoms with Crippen molar-refractivity contribution in [1.82, 2.24) is 9.55 Å². The van der Waals surface area contributed by atoms with E-state index in [4.69, 9.17) is 0 Å². The molecule has 0 aromatic carbocycles. The Morgan fingerprint density at radius 3 is 2.83 bits per heavy atom. The third kappa shape index (κ3) is 1.50. The number of nitrogens with zero attached hydrogens (tertiary/aromatic N) is 1. The fraction of sp³-hybridized carbons (Fsp3) is 0.143. The predicted octanol–water partition coefficient (Wildman–Crippen LogP) is 0.0138. The van der Waals surface area contributed by atoms with Crippen LogP contribution in [0.5, 0.6) is 0 Å². The molecule has 0 amide bonds. The van der Waals surface area contributed by atoms with E-state index in [9.17, 15) is 14.0 Å². The molecule has 64 valence electrons. The van der Waals surface area contributed by atoms with E-state index in [0.717, 1.165) is 10.6 Å². The fourth-order valence-electron chi connectivity index (χ4n) is 0.770. The monoisotopic (exact) mass is 170 g/mol. The average Bonchev–Trinajstić information content (AvgIpc) is 2.01. The van der Waals surface area contributed by atoms with Crippen molar-refractivity contribution < 1.29 is 4.39 Å². The quantitative estimate of drug-likeness (QED) is 0.645. The number of H-pyrrole nitrogens is 1. The molecule has 0 atom stereocenters. The lowest BCUT2D eigenvalue weighted by Gasteiger charge is -1.95. The third-order valence-corrected chi connectivity index (χ3v) is 1.38. The van der Waals surface area contributed by atoms with Crippen LogP contribution >= 0.6 is 0 Å². The maximum absolute atomic E-state index is 11.7. The van der Waals surface area contributed by atoms with Crippen LogP contribution in [0.4, 0.5) is 4.39 Å². The number of hydrogen-bond donors (Lipinski definition) is 1. The van der Waals surface area contributed by atoms with Gasteiger partial charge in [-0.05, 0) is 6.08 Å². The van der Waals surface area contributed by atoms with Crippen LogP contribution in [0, 0.1) is 0 Å². The van der Waals surface area contributed by atoms with Crippen molar-refractivity contribution in [3.63, 3.8) is 0 Å². The van der Waals surface area contributed by atoms with Crippen LogP contribution in [0.1, 0.15) is 5.56 Å². The minimum Gasteiger partial charge on any atom is -0.303 e. The lowest BCUT2D eigenvalue weighted by Crippen LogP contribution is -2.28. The summed E-state index contributed by atoms with van der Waals surface area (Å²) < 4.78 is 12.8. The Hall–Kier alpha value is -1.65. The lowest BCUT2D eigenvalue weighted by atomic mass is 10.3. The van der Waals surface area contributed by atoms with E-state index in [0.29, 0.717) is 0 Å². The van der Waals surface area contributed by atoms with Crippen LogP contribution in [-0.2, 0) is 7.05 Å². The molecule has 5 heteroatoms. The van der Waals surface area contributed by atoms with Crippen molar-refractivity contribution in [3.05, 3.63) is 38.9 Å². The molecular formula is C7H7FN2O2. The van der Waals surface area contributed by atoms with Crippen molar-refractivity contribution in [2.24, 2.45) is 7.05 Å². The Bertz CT molecular complexity index is 416. The zero-order chi connectivity index (χ0) is 9.14. The molecule has 1 aromatic rings. The number of aromatic amines is 1. The summed E-state index contributed by atoms with van der Waals surface area (Å²) in [6.07, 6.45) is 2.49. The molecule has 0 bridgehead atoms. The van der Waals surface area contributed by atoms with E-state index >= 15 is 0 Å². The number of hydrogen-bond acceptors (Lipinski definition) is 2. The van der Waals surface area contributed by atoms with Crippen molar-refractivity contribution in [2.75, 3.05) is 0 Å². The first kappa shape index (κ1) is 8.45. The maximum atomic E-state index is 11.7. The molecular weight excluding hydrogens is 163 g/mol. The summed E-state index contributed by atoms with van der Waals surface area (Å²) in [4.78, 5) is 23.7. The highest BCUT2D eigenvalue weighted by molar-refractivity contribution is 5.44. The van der Waals surface area contributed by atoms with Gasteiger partial charge in [0.1, 0.15) is 0 Å². The zero-order valence-corrected chi connectivity index (χ0v) is 6.37. The lowest BCUT2D eigenvalue weighted by molar-refractivity contribution is 0.726. The van der Waals surface area contributed by atoms with E-state index < -0.39 is 11.2 Å². The van der Waals surface area contributed by atoms with Gasteiger partial charge in [-0.2, -0.15) is 0 Å². The maximum Gasteiger partial charge on any atom is 0.328 e. The average molecular weight is 170 g/mol. The summed E-state index contributed by atoms with van der Waals surface area (Å²) >= 11 is 0. The second kappa shape index (κ2) is 3.17. The van der Waals surface area contributed by atoms with Crippen LogP contribution in [0.15, 0.2) is 22.1 Å². The van der Waals surface area contributed by atoms with Crippen LogP contribution in [-0.4, -0.2) is 9.55 Å². The summed E-state index contributed by atoms with van der Waals surface area (Å²) in [6.45, 7) is 0. The molecule has 0 fully saturated rings. The summed E-state index contributed by atoms with van der Waals surface area (Å²) in [6, 6.07) is 0. The van der Waals surface area contributed by atoms with Gasteiger partial charge in [0.05, 0.1) is 11.9 Å². The summed E-state index contributed by atoms with van der Waals surface area (Å²) in [7, 11) is 1.47. The van der Waals surface area contributed by atoms with Crippen molar-refractivity contribution in [2.45, 2.75) is 0 Å². The number of rotatable bonds is 1. The van der Waals surface area contributed by atoms with Crippen molar-refractivity contribution >= 4 is 6.08 Å². The molecule has 12 heavy (non-hydrogen) atoms. The van der Waals surface area contributed by atoms with Crippen molar-refractivity contribution in [3.8, 4) is 0 Å². The first-order valence-corrected chi connectivity index (χ1v) is 3.22. The molecule has 1 heterocycles. The summed E-state index contributed by atoms with van der Waals surface area (Å²) in [5.74, 6) is 0. The molecule has 0 unspecified atom stereocenters. The van der Waals surface area contributed by atoms with Gasteiger partial charge in [-0.15, -0.1) is 0 Å². The molecule has 1 rings (SSSR count). The van der Waals surface area contributed by atoms with Gasteiger partial charge >= 0.3 is 5.69 Å². The molecule has 1 N–H and O–H groups in total. The molecule has 4 nitrogen and oxygen atoms in total. The molecule has 0 saturated carbocycles. The summed E-state index contributed by atoms with van der Waals surface area (Å²) in [5, 5.41) is 0. The molecule has 0 saturated heterocycles. The smallest absolute Gasteiger partial charge is 0.303 e. The molecule has 0 radical (unpaired) electrons. The zero-order valence-electron chi connectivity index (χ0n) is 6.37. The van der Waals surface area contributed by atoms with Crippen LogP contribution in [0.2, 0.25) is 0 Å². The van der Waals surface area contributed by atoms with Gasteiger partial charge < -0.3 is 4.57 Å². The largest absolute Gasteiger partial charge is 0.328 e. The first-order valence-electron chi connectivity index (χ1n) is 3.22. The highest BCUT2D eigenvalue weighted by atomic mass is 19.1. The fourth-order valence-corrected chi connectivity index (χ4v) is 0.770. The van der Waals surface area contributed by atoms with E-state index in [-0.39, 0.29) is 11.9 Å². The van der Waals surface area contributed by atoms with Gasteiger partial charge in [0.15, 0.2) is 0 Å². The Labute approximate surface area is 67.0 Å². The number of aromatic nitrogens is 2. The molecule has 1 aromatic heterocycles. The first-order chi connectivity index (χ1) is 5.65. The highest BCUT2D eigenvalue weighted by Crippen LogP contribution is 1.90. The number of nitrogens with one attached hydrogen (secondary N) is 1. The summed E-state index contributed by atoms with van der Waals surface area (Å²) in [5.41, 5.74) is -0.998. The van der Waals surface area contributed by atoms with E-state index in [1.165, 1.54) is 13.2 Å². The topological polar surface area (TPSA) is 54.9 Å². The second-order valence-corrected chi connectivity index (χ2v) is 2.25. The van der Waals surface area contributed by atoms with Crippen LogP contribution in [0.25, 0.3) is 6.08 Å². The standard InChI is InChI=1S/C7H7FN2O2/c1-10-4-5(2-3-8)6(11)9-7(10)12/h2-4H,1H3,(H,9,11,12)/b3-2+. The van der Waals surface area contributed by atoms with E-state index in [1.54, 1.807) is 0 Å². The Balaban J connectivity index is 3.43. The second-order valence-electron chi connectivity index (χ2n) is 2.25. The van der Waals surface area contributed by atoms with Crippen LogP contribution in [0.3, 0.4) is 0 Å². The molecule has 0 aliphatic heterocycles. The molecule has 0 aliphatic carbocycles. The van der Waals surface area contributed by atoms with Gasteiger partial charge in [0.2, 0.25) is 0 Å². The van der Waals surface area contributed by atoms with Crippen LogP contribution < -0.4 is 11.2 Å². The predicted molar refractivity (Wildman–Crippen MR) is 42.4 cm³/mol. The Morgan fingerprint density at radius 1 is 1.58 bits per heavy atom. The SMILES string of the molecule is Cn1cc(/C=C/F)c(=O)[nH]c1=O. The van der Waals surface area contributed by atoms with E-state index in [2.05, 4.69) is 0 Å². The normalized spacial score (nSPS) is 10.8. The van der Waals surface area contributed by atoms with Gasteiger partial charge in [0.25, 0.3) is 5.56 Å². The third-order valence-electron chi connectivity index (χ3n) is 1.38. The van der Waals surface area contributed by atoms with E-state index in [1.807, 2.05) is 4.98 Å². The van der Waals surface area contributed by atoms with Gasteiger partial charge in [-0.25, -0.2) is 9.18 Å². The highest BCUT2D eigenvalue weighted by Gasteiger charge is 1.97. The molecule has 0 spiro atoms. The number of halogens is 1. The Kier molecular flexibility index (Phi) is 2.23. The molecule has 0 aliphatic rings. The van der Waals surface area contributed by atoms with Gasteiger partial charge in [0, 0.05) is 13.2 Å². The minimum absolute atomic E-state index is 0.111. The van der Waals surface area contributed by atoms with Gasteiger partial charge in [-0.1, -0.05) is 0 Å². The van der Waals surface area contributed by atoms with Crippen molar-refractivity contribution in [1.29, 1.82) is 0 Å². The minimum atomic E-state index is -0.591. The number of aryl methyl sites for hydroxylation is 1.